The van der Waals surface area contributed by atoms with Crippen LogP contribution in [0, 0.1) is 103 Å². The SMILES string of the molecule is CCC(C)C(=O)OCc1c(C)c(C)c(N(c2c(C)c(C)c(C)c(C)c2C)c2c(C)c(C)c(C)c(C)c2C)c(C)c1C. The van der Waals surface area contributed by atoms with Crippen molar-refractivity contribution in [2.75, 3.05) is 4.90 Å². The molecular weight excluding hydrogens is 502 g/mol. The van der Waals surface area contributed by atoms with E-state index < -0.39 is 0 Å². The van der Waals surface area contributed by atoms with Gasteiger partial charge in [0.2, 0.25) is 0 Å². The Balaban J connectivity index is 2.49. The Morgan fingerprint density at radius 3 is 1.07 bits per heavy atom. The van der Waals surface area contributed by atoms with E-state index in [0.29, 0.717) is 6.61 Å². The molecule has 3 aromatic rings. The molecule has 0 aliphatic carbocycles. The lowest BCUT2D eigenvalue weighted by molar-refractivity contribution is -0.149. The average Bonchev–Trinajstić information content (AvgIpc) is 2.95. The molecule has 3 nitrogen and oxygen atoms in total. The molecule has 0 aromatic heterocycles. The molecule has 0 N–H and O–H groups in total. The molecule has 0 radical (unpaired) electrons. The van der Waals surface area contributed by atoms with Gasteiger partial charge in [0.15, 0.2) is 0 Å². The summed E-state index contributed by atoms with van der Waals surface area (Å²) in [4.78, 5) is 15.2. The van der Waals surface area contributed by atoms with Crippen molar-refractivity contribution in [1.29, 1.82) is 0 Å². The van der Waals surface area contributed by atoms with E-state index >= 15 is 0 Å². The van der Waals surface area contributed by atoms with E-state index in [1.54, 1.807) is 0 Å². The Hall–Kier alpha value is -3.07. The predicted molar refractivity (Wildman–Crippen MR) is 177 cm³/mol. The van der Waals surface area contributed by atoms with E-state index in [2.05, 4.69) is 102 Å². The number of benzene rings is 3. The number of carbonyl (C=O) groups excluding carboxylic acids is 1. The van der Waals surface area contributed by atoms with Crippen molar-refractivity contribution in [3.63, 3.8) is 0 Å². The van der Waals surface area contributed by atoms with E-state index in [-0.39, 0.29) is 11.9 Å². The van der Waals surface area contributed by atoms with E-state index in [0.717, 1.165) is 12.0 Å². The van der Waals surface area contributed by atoms with Gasteiger partial charge in [-0.1, -0.05) is 13.8 Å². The molecule has 0 fully saturated rings. The first-order valence-corrected chi connectivity index (χ1v) is 15.2. The van der Waals surface area contributed by atoms with Crippen molar-refractivity contribution in [2.45, 2.75) is 124 Å². The van der Waals surface area contributed by atoms with Gasteiger partial charge in [0, 0.05) is 0 Å². The molecule has 0 spiro atoms. The molecule has 0 saturated heterocycles. The number of nitrogens with zero attached hydrogens (tertiary/aromatic N) is 1. The van der Waals surface area contributed by atoms with Crippen LogP contribution < -0.4 is 4.90 Å². The lowest BCUT2D eigenvalue weighted by Gasteiger charge is -2.37. The summed E-state index contributed by atoms with van der Waals surface area (Å²) < 4.78 is 5.84. The highest BCUT2D eigenvalue weighted by atomic mass is 16.5. The summed E-state index contributed by atoms with van der Waals surface area (Å²) in [5, 5.41) is 0. The van der Waals surface area contributed by atoms with E-state index in [4.69, 9.17) is 4.74 Å². The summed E-state index contributed by atoms with van der Waals surface area (Å²) in [5.41, 5.74) is 23.2. The Morgan fingerprint density at radius 2 is 0.780 bits per heavy atom. The minimum absolute atomic E-state index is 0.0921. The fourth-order valence-corrected chi connectivity index (χ4v) is 6.34. The quantitative estimate of drug-likeness (QED) is 0.272. The van der Waals surface area contributed by atoms with Gasteiger partial charge >= 0.3 is 5.97 Å². The van der Waals surface area contributed by atoms with Crippen LogP contribution in [0.15, 0.2) is 0 Å². The smallest absolute Gasteiger partial charge is 0.308 e. The fraction of sp³-hybridized carbons (Fsp3) is 0.500. The van der Waals surface area contributed by atoms with Crippen LogP contribution in [0.25, 0.3) is 0 Å². The van der Waals surface area contributed by atoms with Crippen LogP contribution in [0.4, 0.5) is 17.1 Å². The topological polar surface area (TPSA) is 29.5 Å². The molecule has 0 aliphatic heterocycles. The maximum Gasteiger partial charge on any atom is 0.308 e. The summed E-state index contributed by atoms with van der Waals surface area (Å²) in [6.45, 7) is 35.8. The molecular formula is C38H53NO2. The van der Waals surface area contributed by atoms with Gasteiger partial charge in [-0.2, -0.15) is 0 Å². The molecule has 1 unspecified atom stereocenters. The Kier molecular flexibility index (Phi) is 9.53. The van der Waals surface area contributed by atoms with Crippen molar-refractivity contribution in [1.82, 2.24) is 0 Å². The zero-order valence-corrected chi connectivity index (χ0v) is 28.8. The first-order valence-electron chi connectivity index (χ1n) is 15.2. The van der Waals surface area contributed by atoms with Crippen LogP contribution in [0.5, 0.6) is 0 Å². The van der Waals surface area contributed by atoms with Crippen molar-refractivity contribution < 1.29 is 9.53 Å². The molecule has 0 aliphatic rings. The maximum atomic E-state index is 12.6. The van der Waals surface area contributed by atoms with E-state index in [1.165, 1.54) is 95.0 Å². The van der Waals surface area contributed by atoms with Crippen LogP contribution in [0.3, 0.4) is 0 Å². The summed E-state index contributed by atoms with van der Waals surface area (Å²) >= 11 is 0. The number of anilines is 3. The molecule has 222 valence electrons. The Labute approximate surface area is 250 Å². The summed E-state index contributed by atoms with van der Waals surface area (Å²) in [5.74, 6) is -0.216. The van der Waals surface area contributed by atoms with Gasteiger partial charge in [-0.05, 0) is 187 Å². The van der Waals surface area contributed by atoms with Gasteiger partial charge in [0.1, 0.15) is 6.61 Å². The standard InChI is InChI=1S/C38H53NO2/c1-17-19(2)38(40)41-18-34-26(9)32(15)37(33(16)27(34)10)39(35-28(11)22(5)20(3)23(6)29(35)12)36-30(13)24(7)21(4)25(8)31(36)14/h19H,17-18H2,1-16H3. The molecule has 0 heterocycles. The second kappa shape index (κ2) is 12.0. The third-order valence-electron chi connectivity index (χ3n) is 10.7. The van der Waals surface area contributed by atoms with Gasteiger partial charge < -0.3 is 9.64 Å². The summed E-state index contributed by atoms with van der Waals surface area (Å²) in [6.07, 6.45) is 0.783. The lowest BCUT2D eigenvalue weighted by Crippen LogP contribution is -2.22. The Morgan fingerprint density at radius 1 is 0.512 bits per heavy atom. The van der Waals surface area contributed by atoms with Crippen molar-refractivity contribution in [2.24, 2.45) is 5.92 Å². The van der Waals surface area contributed by atoms with Crippen LogP contribution in [-0.2, 0) is 16.1 Å². The minimum Gasteiger partial charge on any atom is -0.461 e. The van der Waals surface area contributed by atoms with Gasteiger partial charge in [-0.25, -0.2) is 0 Å². The number of ether oxygens (including phenoxy) is 1. The van der Waals surface area contributed by atoms with Gasteiger partial charge in [0.25, 0.3) is 0 Å². The van der Waals surface area contributed by atoms with Crippen LogP contribution in [-0.4, -0.2) is 5.97 Å². The zero-order chi connectivity index (χ0) is 31.2. The highest BCUT2D eigenvalue weighted by Gasteiger charge is 2.29. The lowest BCUT2D eigenvalue weighted by atomic mass is 9.86. The number of rotatable bonds is 7. The molecule has 1 atom stereocenters. The van der Waals surface area contributed by atoms with Gasteiger partial charge in [0.05, 0.1) is 23.0 Å². The van der Waals surface area contributed by atoms with Crippen LogP contribution in [0.2, 0.25) is 0 Å². The summed E-state index contributed by atoms with van der Waals surface area (Å²) in [6, 6.07) is 0. The van der Waals surface area contributed by atoms with Crippen molar-refractivity contribution in [3.05, 3.63) is 83.5 Å². The largest absolute Gasteiger partial charge is 0.461 e. The molecule has 3 heteroatoms. The first kappa shape index (κ1) is 32.4. The zero-order valence-electron chi connectivity index (χ0n) is 28.8. The number of esters is 1. The normalized spacial score (nSPS) is 12.1. The molecule has 0 saturated carbocycles. The fourth-order valence-electron chi connectivity index (χ4n) is 6.34. The van der Waals surface area contributed by atoms with E-state index in [1.807, 2.05) is 13.8 Å². The highest BCUT2D eigenvalue weighted by Crippen LogP contribution is 2.49. The monoisotopic (exact) mass is 555 g/mol. The second-order valence-electron chi connectivity index (χ2n) is 12.5. The number of hydrogen-bond acceptors (Lipinski definition) is 3. The maximum absolute atomic E-state index is 12.6. The summed E-state index contributed by atoms with van der Waals surface area (Å²) in [7, 11) is 0. The molecule has 3 rings (SSSR count). The van der Waals surface area contributed by atoms with E-state index in [9.17, 15) is 4.79 Å². The Bertz CT molecular complexity index is 1380. The minimum atomic E-state index is -0.124. The third kappa shape index (κ3) is 5.33. The third-order valence-corrected chi connectivity index (χ3v) is 10.7. The second-order valence-corrected chi connectivity index (χ2v) is 12.5. The molecule has 3 aromatic carbocycles. The van der Waals surface area contributed by atoms with Crippen LogP contribution >= 0.6 is 0 Å². The van der Waals surface area contributed by atoms with Crippen molar-refractivity contribution >= 4 is 23.0 Å². The van der Waals surface area contributed by atoms with Crippen molar-refractivity contribution in [3.8, 4) is 0 Å². The molecule has 41 heavy (non-hydrogen) atoms. The van der Waals surface area contributed by atoms with Gasteiger partial charge in [-0.15, -0.1) is 0 Å². The molecule has 0 bridgehead atoms. The van der Waals surface area contributed by atoms with Crippen LogP contribution in [0.1, 0.15) is 104 Å². The average molecular weight is 556 g/mol. The molecule has 0 amide bonds. The number of hydrogen-bond donors (Lipinski definition) is 0. The predicted octanol–water partition coefficient (Wildman–Crippen LogP) is 10.6. The first-order chi connectivity index (χ1) is 19.0. The number of carbonyl (C=O) groups is 1. The van der Waals surface area contributed by atoms with Gasteiger partial charge in [-0.3, -0.25) is 4.79 Å². The highest BCUT2D eigenvalue weighted by molar-refractivity contribution is 5.89.